The van der Waals surface area contributed by atoms with Crippen molar-refractivity contribution in [2.45, 2.75) is 32.7 Å². The Balaban J connectivity index is 1.67. The molecular formula is C26H27FN4O4. The summed E-state index contributed by atoms with van der Waals surface area (Å²) in [6.45, 7) is 4.15. The topological polar surface area (TPSA) is 87.5 Å². The fourth-order valence-corrected chi connectivity index (χ4v) is 4.89. The summed E-state index contributed by atoms with van der Waals surface area (Å²) in [6.07, 6.45) is 1.12. The maximum atomic E-state index is 13.7. The lowest BCUT2D eigenvalue weighted by Crippen LogP contribution is -2.36. The van der Waals surface area contributed by atoms with Gasteiger partial charge < -0.3 is 19.5 Å². The van der Waals surface area contributed by atoms with Crippen LogP contribution >= 0.6 is 0 Å². The molecule has 8 nitrogen and oxygen atoms in total. The second-order valence-corrected chi connectivity index (χ2v) is 9.53. The van der Waals surface area contributed by atoms with Crippen molar-refractivity contribution >= 4 is 11.7 Å². The smallest absolute Gasteiger partial charge is 0.226 e. The summed E-state index contributed by atoms with van der Waals surface area (Å²) in [5.74, 6) is 2.06. The Hall–Kier alpha value is -3.88. The molecule has 1 aromatic heterocycles. The zero-order chi connectivity index (χ0) is 24.9. The summed E-state index contributed by atoms with van der Waals surface area (Å²) in [4.78, 5) is 18.1. The molecule has 1 N–H and O–H groups in total. The molecule has 0 unspecified atom stereocenters. The maximum absolute atomic E-state index is 13.7. The molecule has 2 heterocycles. The maximum Gasteiger partial charge on any atom is 0.226 e. The van der Waals surface area contributed by atoms with E-state index in [2.05, 4.69) is 19.2 Å². The first-order valence-corrected chi connectivity index (χ1v) is 11.3. The Morgan fingerprint density at radius 1 is 1.03 bits per heavy atom. The van der Waals surface area contributed by atoms with E-state index in [-0.39, 0.29) is 17.0 Å². The first-order valence-electron chi connectivity index (χ1n) is 11.3. The normalized spacial score (nSPS) is 18.5. The number of methoxy groups -OCH3 is 3. The van der Waals surface area contributed by atoms with E-state index >= 15 is 0 Å². The quantitative estimate of drug-likeness (QED) is 0.565. The van der Waals surface area contributed by atoms with Gasteiger partial charge in [0.15, 0.2) is 23.1 Å². The zero-order valence-corrected chi connectivity index (χ0v) is 20.3. The largest absolute Gasteiger partial charge is 0.493 e. The highest BCUT2D eigenvalue weighted by Gasteiger charge is 2.42. The molecule has 0 amide bonds. The number of nitrogens with one attached hydrogen (secondary N) is 1. The number of benzene rings is 2. The number of halogens is 1. The number of carbonyl (C=O) groups is 1. The molecule has 0 radical (unpaired) electrons. The van der Waals surface area contributed by atoms with Gasteiger partial charge in [-0.05, 0) is 41.7 Å². The van der Waals surface area contributed by atoms with Crippen molar-refractivity contribution in [3.8, 4) is 28.6 Å². The van der Waals surface area contributed by atoms with E-state index in [0.29, 0.717) is 53.0 Å². The van der Waals surface area contributed by atoms with E-state index in [0.717, 1.165) is 11.3 Å². The number of hydrogen-bond donors (Lipinski definition) is 1. The highest BCUT2D eigenvalue weighted by Crippen LogP contribution is 2.46. The molecule has 0 spiro atoms. The molecule has 1 aliphatic heterocycles. The van der Waals surface area contributed by atoms with Crippen LogP contribution in [0.15, 0.2) is 47.7 Å². The lowest BCUT2D eigenvalue weighted by Gasteiger charge is -2.38. The van der Waals surface area contributed by atoms with Crippen LogP contribution < -0.4 is 19.5 Å². The van der Waals surface area contributed by atoms with E-state index < -0.39 is 6.04 Å². The van der Waals surface area contributed by atoms with Gasteiger partial charge in [-0.1, -0.05) is 26.0 Å². The van der Waals surface area contributed by atoms with E-state index in [1.165, 1.54) is 12.1 Å². The molecule has 5 rings (SSSR count). The third-order valence-corrected chi connectivity index (χ3v) is 6.44. The van der Waals surface area contributed by atoms with Gasteiger partial charge in [-0.25, -0.2) is 9.07 Å². The number of ether oxygens (including phenoxy) is 3. The summed E-state index contributed by atoms with van der Waals surface area (Å²) >= 11 is 0. The number of fused-ring (bicyclic) bond motifs is 1. The number of carbonyl (C=O) groups excluding carboxylic acids is 1. The first kappa shape index (κ1) is 22.9. The van der Waals surface area contributed by atoms with Gasteiger partial charge in [0.2, 0.25) is 11.7 Å². The summed E-state index contributed by atoms with van der Waals surface area (Å²) in [6, 6.07) is 9.20. The van der Waals surface area contributed by atoms with Gasteiger partial charge in [-0.3, -0.25) is 4.79 Å². The average molecular weight is 479 g/mol. The monoisotopic (exact) mass is 478 g/mol. The molecule has 182 valence electrons. The summed E-state index contributed by atoms with van der Waals surface area (Å²) in [5.41, 5.74) is 2.71. The minimum Gasteiger partial charge on any atom is -0.493 e. The van der Waals surface area contributed by atoms with E-state index in [1.807, 2.05) is 0 Å². The summed E-state index contributed by atoms with van der Waals surface area (Å²) in [7, 11) is 4.63. The Morgan fingerprint density at radius 2 is 1.69 bits per heavy atom. The molecular weight excluding hydrogens is 451 g/mol. The lowest BCUT2D eigenvalue weighted by atomic mass is 9.73. The minimum atomic E-state index is -0.520. The molecule has 9 heteroatoms. The Morgan fingerprint density at radius 3 is 2.29 bits per heavy atom. The fraction of sp³-hybridized carbons (Fsp3) is 0.346. The molecule has 35 heavy (non-hydrogen) atoms. The van der Waals surface area contributed by atoms with Crippen LogP contribution in [0.1, 0.15) is 38.3 Å². The molecule has 0 saturated carbocycles. The fourth-order valence-electron chi connectivity index (χ4n) is 4.89. The molecule has 1 atom stereocenters. The van der Waals surface area contributed by atoms with Gasteiger partial charge in [-0.15, -0.1) is 5.10 Å². The number of ketones is 1. The molecule has 0 saturated heterocycles. The van der Waals surface area contributed by atoms with Crippen molar-refractivity contribution in [3.05, 3.63) is 59.0 Å². The molecule has 0 fully saturated rings. The van der Waals surface area contributed by atoms with Crippen LogP contribution in [0.25, 0.3) is 11.4 Å². The number of hydrogen-bond acceptors (Lipinski definition) is 7. The Kier molecular flexibility index (Phi) is 5.50. The van der Waals surface area contributed by atoms with Gasteiger partial charge in [0, 0.05) is 23.3 Å². The lowest BCUT2D eigenvalue weighted by molar-refractivity contribution is -0.118. The average Bonchev–Trinajstić information content (AvgIpc) is 3.25. The molecule has 0 bridgehead atoms. The number of aromatic nitrogens is 3. The predicted octanol–water partition coefficient (Wildman–Crippen LogP) is 4.77. The number of rotatable bonds is 5. The van der Waals surface area contributed by atoms with Gasteiger partial charge in [-0.2, -0.15) is 4.98 Å². The van der Waals surface area contributed by atoms with E-state index in [1.54, 1.807) is 50.3 Å². The molecule has 3 aromatic rings. The van der Waals surface area contributed by atoms with Crippen LogP contribution in [0.2, 0.25) is 0 Å². The van der Waals surface area contributed by atoms with Gasteiger partial charge in [0.1, 0.15) is 11.9 Å². The second kappa shape index (κ2) is 8.41. The molecule has 2 aliphatic rings. The first-order chi connectivity index (χ1) is 16.7. The predicted molar refractivity (Wildman–Crippen MR) is 128 cm³/mol. The summed E-state index contributed by atoms with van der Waals surface area (Å²) in [5, 5.41) is 8.13. The van der Waals surface area contributed by atoms with E-state index in [4.69, 9.17) is 24.3 Å². The van der Waals surface area contributed by atoms with Crippen molar-refractivity contribution in [3.63, 3.8) is 0 Å². The van der Waals surface area contributed by atoms with Crippen molar-refractivity contribution in [1.82, 2.24) is 14.8 Å². The Labute approximate surface area is 202 Å². The van der Waals surface area contributed by atoms with Crippen molar-refractivity contribution in [2.24, 2.45) is 5.41 Å². The SMILES string of the molecule is COc1cc(-c2nc3n(n2)[C@H](c2ccc(F)cc2)C2=C(CC(C)(C)CC2=O)N3)cc(OC)c1OC. The number of anilines is 1. The van der Waals surface area contributed by atoms with Crippen LogP contribution in [0, 0.1) is 11.2 Å². The van der Waals surface area contributed by atoms with Crippen LogP contribution in [0.3, 0.4) is 0 Å². The van der Waals surface area contributed by atoms with Crippen LogP contribution in [0.5, 0.6) is 17.2 Å². The molecule has 2 aromatic carbocycles. The highest BCUT2D eigenvalue weighted by molar-refractivity contribution is 6.00. The number of nitrogens with zero attached hydrogens (tertiary/aromatic N) is 3. The standard InChI is InChI=1S/C26H27FN4O4/c1-26(2)12-17-21(18(32)13-26)22(14-6-8-16(27)9-7-14)31-25(28-17)29-24(30-31)15-10-19(33-3)23(35-5)20(11-15)34-4/h6-11,22H,12-13H2,1-5H3,(H,28,29,30)/t22-/m1/s1. The van der Waals surface area contributed by atoms with Crippen LogP contribution in [0.4, 0.5) is 10.3 Å². The third kappa shape index (κ3) is 3.90. The third-order valence-electron chi connectivity index (χ3n) is 6.44. The zero-order valence-electron chi connectivity index (χ0n) is 20.3. The van der Waals surface area contributed by atoms with Crippen molar-refractivity contribution in [1.29, 1.82) is 0 Å². The minimum absolute atomic E-state index is 0.0496. The second-order valence-electron chi connectivity index (χ2n) is 9.53. The van der Waals surface area contributed by atoms with Crippen molar-refractivity contribution < 1.29 is 23.4 Å². The van der Waals surface area contributed by atoms with Gasteiger partial charge >= 0.3 is 0 Å². The highest BCUT2D eigenvalue weighted by atomic mass is 19.1. The Bertz CT molecular complexity index is 1320. The number of Topliss-reactive ketones (excluding diaryl/α,β-unsaturated/α-hetero) is 1. The van der Waals surface area contributed by atoms with E-state index in [9.17, 15) is 9.18 Å². The molecule has 1 aliphatic carbocycles. The van der Waals surface area contributed by atoms with Gasteiger partial charge in [0.05, 0.1) is 21.3 Å². The van der Waals surface area contributed by atoms with Crippen LogP contribution in [-0.4, -0.2) is 41.9 Å². The van der Waals surface area contributed by atoms with Crippen molar-refractivity contribution in [2.75, 3.05) is 26.6 Å². The van der Waals surface area contributed by atoms with Crippen LogP contribution in [-0.2, 0) is 4.79 Å². The van der Waals surface area contributed by atoms with Gasteiger partial charge in [0.25, 0.3) is 0 Å². The number of allylic oxidation sites excluding steroid dienone is 2. The summed E-state index contributed by atoms with van der Waals surface area (Å²) < 4.78 is 31.8.